The number of hydrogen-bond donors (Lipinski definition) is 0. The molecule has 0 aromatic heterocycles. The molecule has 1 nitrogen and oxygen atoms in total. The maximum absolute atomic E-state index is 6.09. The van der Waals surface area contributed by atoms with E-state index >= 15 is 0 Å². The molecule has 15 heavy (non-hydrogen) atoms. The Morgan fingerprint density at radius 1 is 1.20 bits per heavy atom. The molecule has 0 atom stereocenters. The van der Waals surface area contributed by atoms with Crippen LogP contribution in [0.3, 0.4) is 0 Å². The second-order valence-electron chi connectivity index (χ2n) is 4.42. The fraction of sp³-hybridized carbons (Fsp3) is 0.692. The van der Waals surface area contributed by atoms with Crippen molar-refractivity contribution >= 4 is 8.32 Å². The lowest BCUT2D eigenvalue weighted by Gasteiger charge is -2.29. The highest BCUT2D eigenvalue weighted by molar-refractivity contribution is 6.73. The zero-order valence-electron chi connectivity index (χ0n) is 11.0. The summed E-state index contributed by atoms with van der Waals surface area (Å²) in [6, 6.07) is 3.53. The first-order valence-corrected chi connectivity index (χ1v) is 8.58. The molecule has 0 spiro atoms. The Morgan fingerprint density at radius 3 is 2.00 bits per heavy atom. The van der Waals surface area contributed by atoms with Gasteiger partial charge >= 0.3 is 0 Å². The quantitative estimate of drug-likeness (QED) is 0.346. The first kappa shape index (κ1) is 14.5. The maximum Gasteiger partial charge on any atom is 0.250 e. The van der Waals surface area contributed by atoms with Crippen molar-refractivity contribution < 1.29 is 4.43 Å². The van der Waals surface area contributed by atoms with Gasteiger partial charge in [0.1, 0.15) is 0 Å². The van der Waals surface area contributed by atoms with Crippen LogP contribution in [0.25, 0.3) is 0 Å². The molecular formula is C13H26OSi. The molecule has 0 bridgehead atoms. The molecule has 0 aromatic carbocycles. The van der Waals surface area contributed by atoms with Gasteiger partial charge < -0.3 is 4.43 Å². The van der Waals surface area contributed by atoms with Crippen LogP contribution in [0.15, 0.2) is 24.5 Å². The van der Waals surface area contributed by atoms with E-state index in [1.54, 1.807) is 0 Å². The van der Waals surface area contributed by atoms with Crippen LogP contribution in [0.4, 0.5) is 0 Å². The number of hydrogen-bond acceptors (Lipinski definition) is 1. The van der Waals surface area contributed by atoms with Gasteiger partial charge in [-0.1, -0.05) is 47.3 Å². The molecule has 88 valence electrons. The molecule has 0 aliphatic rings. The zero-order chi connectivity index (χ0) is 11.9. The standard InChI is InChI=1S/C13H26OSi/c1-7-15(8-2,9-3)14-13(6)11-10-12(4)5/h10-12H,6-9H2,1-5H3. The molecule has 0 N–H and O–H groups in total. The van der Waals surface area contributed by atoms with Crippen LogP contribution in [0.5, 0.6) is 0 Å². The van der Waals surface area contributed by atoms with E-state index in [-0.39, 0.29) is 0 Å². The Balaban J connectivity index is 4.36. The van der Waals surface area contributed by atoms with Crippen molar-refractivity contribution in [2.45, 2.75) is 52.8 Å². The third-order valence-corrected chi connectivity index (χ3v) is 7.51. The fourth-order valence-corrected chi connectivity index (χ4v) is 4.14. The van der Waals surface area contributed by atoms with Gasteiger partial charge in [-0.2, -0.15) is 0 Å². The maximum atomic E-state index is 6.09. The van der Waals surface area contributed by atoms with Gasteiger partial charge in [0.2, 0.25) is 8.32 Å². The van der Waals surface area contributed by atoms with Crippen LogP contribution in [-0.2, 0) is 4.43 Å². The van der Waals surface area contributed by atoms with E-state index < -0.39 is 8.32 Å². The second-order valence-corrected chi connectivity index (χ2v) is 9.11. The molecule has 0 rings (SSSR count). The van der Waals surface area contributed by atoms with Crippen LogP contribution >= 0.6 is 0 Å². The largest absolute Gasteiger partial charge is 0.544 e. The predicted octanol–water partition coefficient (Wildman–Crippen LogP) is 4.73. The summed E-state index contributed by atoms with van der Waals surface area (Å²) in [6.07, 6.45) is 4.16. The SMILES string of the molecule is C=C(C=CC(C)C)O[Si](CC)(CC)CC. The molecule has 0 heterocycles. The number of rotatable bonds is 7. The van der Waals surface area contributed by atoms with Gasteiger partial charge in [0.25, 0.3) is 0 Å². The van der Waals surface area contributed by atoms with Crippen LogP contribution in [0.2, 0.25) is 18.1 Å². The molecule has 0 amide bonds. The Morgan fingerprint density at radius 2 is 1.67 bits per heavy atom. The average Bonchev–Trinajstić information content (AvgIpc) is 2.23. The topological polar surface area (TPSA) is 9.23 Å². The van der Waals surface area contributed by atoms with E-state index in [1.807, 2.05) is 6.08 Å². The van der Waals surface area contributed by atoms with Crippen molar-refractivity contribution in [3.05, 3.63) is 24.5 Å². The Labute approximate surface area is 96.4 Å². The summed E-state index contributed by atoms with van der Waals surface area (Å²) in [5.74, 6) is 1.41. The third kappa shape index (κ3) is 5.21. The normalized spacial score (nSPS) is 12.4. The Bertz CT molecular complexity index is 206. The van der Waals surface area contributed by atoms with E-state index in [0.717, 1.165) is 5.76 Å². The van der Waals surface area contributed by atoms with Gasteiger partial charge in [0.15, 0.2) is 0 Å². The summed E-state index contributed by atoms with van der Waals surface area (Å²) in [4.78, 5) is 0. The van der Waals surface area contributed by atoms with Gasteiger partial charge in [-0.25, -0.2) is 0 Å². The Kier molecular flexibility index (Phi) is 6.65. The van der Waals surface area contributed by atoms with Gasteiger partial charge in [-0.3, -0.25) is 0 Å². The van der Waals surface area contributed by atoms with Gasteiger partial charge in [-0.05, 0) is 30.1 Å². The van der Waals surface area contributed by atoms with Crippen molar-refractivity contribution in [1.82, 2.24) is 0 Å². The van der Waals surface area contributed by atoms with E-state index in [1.165, 1.54) is 18.1 Å². The molecule has 0 saturated heterocycles. The number of allylic oxidation sites excluding steroid dienone is 2. The molecule has 0 unspecified atom stereocenters. The van der Waals surface area contributed by atoms with Crippen molar-refractivity contribution in [3.8, 4) is 0 Å². The lowest BCUT2D eigenvalue weighted by Crippen LogP contribution is -2.34. The Hall–Kier alpha value is -0.503. The minimum atomic E-state index is -1.50. The summed E-state index contributed by atoms with van der Waals surface area (Å²) >= 11 is 0. The monoisotopic (exact) mass is 226 g/mol. The highest BCUT2D eigenvalue weighted by Gasteiger charge is 2.30. The highest BCUT2D eigenvalue weighted by atomic mass is 28.4. The first-order valence-electron chi connectivity index (χ1n) is 6.05. The smallest absolute Gasteiger partial charge is 0.250 e. The van der Waals surface area contributed by atoms with Crippen molar-refractivity contribution in [1.29, 1.82) is 0 Å². The van der Waals surface area contributed by atoms with E-state index in [0.29, 0.717) is 5.92 Å². The molecule has 0 aromatic rings. The van der Waals surface area contributed by atoms with Crippen molar-refractivity contribution in [3.63, 3.8) is 0 Å². The van der Waals surface area contributed by atoms with Crippen LogP contribution in [0, 0.1) is 5.92 Å². The van der Waals surface area contributed by atoms with Gasteiger partial charge in [-0.15, -0.1) is 0 Å². The predicted molar refractivity (Wildman–Crippen MR) is 71.4 cm³/mol. The lowest BCUT2D eigenvalue weighted by atomic mass is 10.2. The van der Waals surface area contributed by atoms with E-state index in [2.05, 4.69) is 47.3 Å². The first-order chi connectivity index (χ1) is 6.99. The molecule has 0 aliphatic carbocycles. The van der Waals surface area contributed by atoms with Crippen LogP contribution < -0.4 is 0 Å². The zero-order valence-corrected chi connectivity index (χ0v) is 12.0. The molecular weight excluding hydrogens is 200 g/mol. The average molecular weight is 226 g/mol. The summed E-state index contributed by atoms with van der Waals surface area (Å²) in [5, 5.41) is 0. The molecule has 0 fully saturated rings. The van der Waals surface area contributed by atoms with E-state index in [9.17, 15) is 0 Å². The van der Waals surface area contributed by atoms with Crippen molar-refractivity contribution in [2.75, 3.05) is 0 Å². The van der Waals surface area contributed by atoms with Crippen molar-refractivity contribution in [2.24, 2.45) is 5.92 Å². The molecule has 0 saturated carbocycles. The molecule has 0 radical (unpaired) electrons. The summed E-state index contributed by atoms with van der Waals surface area (Å²) in [5.41, 5.74) is 0. The third-order valence-electron chi connectivity index (χ3n) is 2.95. The minimum Gasteiger partial charge on any atom is -0.544 e. The fourth-order valence-electron chi connectivity index (χ4n) is 1.58. The van der Waals surface area contributed by atoms with Gasteiger partial charge in [0.05, 0.1) is 5.76 Å². The van der Waals surface area contributed by atoms with E-state index in [4.69, 9.17) is 4.43 Å². The summed E-state index contributed by atoms with van der Waals surface area (Å²) < 4.78 is 6.09. The second kappa shape index (κ2) is 6.89. The lowest BCUT2D eigenvalue weighted by molar-refractivity contribution is 0.424. The minimum absolute atomic E-state index is 0.561. The summed E-state index contributed by atoms with van der Waals surface area (Å²) in [6.45, 7) is 15.0. The molecule has 2 heteroatoms. The van der Waals surface area contributed by atoms with Crippen LogP contribution in [0.1, 0.15) is 34.6 Å². The van der Waals surface area contributed by atoms with Crippen LogP contribution in [-0.4, -0.2) is 8.32 Å². The molecule has 0 aliphatic heterocycles. The van der Waals surface area contributed by atoms with Gasteiger partial charge in [0, 0.05) is 0 Å². The summed E-state index contributed by atoms with van der Waals surface area (Å²) in [7, 11) is -1.50. The highest BCUT2D eigenvalue weighted by Crippen LogP contribution is 2.24.